The Bertz CT molecular complexity index is 1400. The van der Waals surface area contributed by atoms with Crippen LogP contribution in [0.5, 0.6) is 5.75 Å². The van der Waals surface area contributed by atoms with Crippen molar-refractivity contribution in [2.24, 2.45) is 0 Å². The SMILES string of the molecule is CCOc1ccccc1N(CC(=O)N(Cc1ccccc1Cl)[C@H](CC)C(=O)NC)S(=O)(=O)c1ccc(Cl)cc1. The molecule has 2 amide bonds. The Kier molecular flexibility index (Phi) is 10.6. The molecule has 0 unspecified atom stereocenters. The van der Waals surface area contributed by atoms with Crippen molar-refractivity contribution in [1.29, 1.82) is 0 Å². The molecule has 208 valence electrons. The van der Waals surface area contributed by atoms with E-state index >= 15 is 0 Å². The van der Waals surface area contributed by atoms with E-state index in [4.69, 9.17) is 27.9 Å². The highest BCUT2D eigenvalue weighted by Gasteiger charge is 2.34. The van der Waals surface area contributed by atoms with Crippen LogP contribution in [0.3, 0.4) is 0 Å². The van der Waals surface area contributed by atoms with Gasteiger partial charge in [0.2, 0.25) is 11.8 Å². The van der Waals surface area contributed by atoms with Gasteiger partial charge in [0.1, 0.15) is 18.3 Å². The Morgan fingerprint density at radius 2 is 1.59 bits per heavy atom. The van der Waals surface area contributed by atoms with E-state index in [0.717, 1.165) is 4.31 Å². The van der Waals surface area contributed by atoms with E-state index < -0.39 is 28.5 Å². The normalized spacial score (nSPS) is 11.9. The third-order valence-electron chi connectivity index (χ3n) is 6.05. The van der Waals surface area contributed by atoms with Crippen molar-refractivity contribution in [2.45, 2.75) is 37.8 Å². The molecule has 39 heavy (non-hydrogen) atoms. The third kappa shape index (κ3) is 7.23. The van der Waals surface area contributed by atoms with Gasteiger partial charge in [0.25, 0.3) is 10.0 Å². The van der Waals surface area contributed by atoms with Crippen LogP contribution in [0.15, 0.2) is 77.7 Å². The fourth-order valence-corrected chi connectivity index (χ4v) is 5.83. The van der Waals surface area contributed by atoms with E-state index in [1.807, 2.05) is 0 Å². The van der Waals surface area contributed by atoms with Crippen molar-refractivity contribution >= 4 is 50.7 Å². The summed E-state index contributed by atoms with van der Waals surface area (Å²) >= 11 is 12.4. The Hall–Kier alpha value is -3.27. The van der Waals surface area contributed by atoms with Crippen molar-refractivity contribution in [3.05, 3.63) is 88.4 Å². The van der Waals surface area contributed by atoms with E-state index in [0.29, 0.717) is 27.8 Å². The number of nitrogens with one attached hydrogen (secondary N) is 1. The molecule has 0 heterocycles. The summed E-state index contributed by atoms with van der Waals surface area (Å²) in [6.07, 6.45) is 0.301. The molecule has 0 aliphatic heterocycles. The minimum Gasteiger partial charge on any atom is -0.492 e. The maximum atomic E-state index is 14.0. The van der Waals surface area contributed by atoms with E-state index in [1.54, 1.807) is 62.4 Å². The molecule has 3 rings (SSSR count). The Morgan fingerprint density at radius 3 is 2.21 bits per heavy atom. The number of amides is 2. The van der Waals surface area contributed by atoms with Gasteiger partial charge in [-0.2, -0.15) is 0 Å². The molecule has 11 heteroatoms. The van der Waals surface area contributed by atoms with Crippen LogP contribution < -0.4 is 14.4 Å². The van der Waals surface area contributed by atoms with Crippen molar-refractivity contribution in [3.8, 4) is 5.75 Å². The van der Waals surface area contributed by atoms with Crippen molar-refractivity contribution in [1.82, 2.24) is 10.2 Å². The van der Waals surface area contributed by atoms with E-state index in [2.05, 4.69) is 5.32 Å². The number of carbonyl (C=O) groups is 2. The minimum atomic E-state index is -4.26. The van der Waals surface area contributed by atoms with Gasteiger partial charge in [-0.25, -0.2) is 8.42 Å². The highest BCUT2D eigenvalue weighted by atomic mass is 35.5. The van der Waals surface area contributed by atoms with Crippen molar-refractivity contribution in [3.63, 3.8) is 0 Å². The zero-order valence-electron chi connectivity index (χ0n) is 21.9. The molecule has 0 aromatic heterocycles. The lowest BCUT2D eigenvalue weighted by molar-refractivity contribution is -0.140. The molecule has 0 aliphatic rings. The summed E-state index contributed by atoms with van der Waals surface area (Å²) in [5, 5.41) is 3.39. The first-order valence-electron chi connectivity index (χ1n) is 12.4. The highest BCUT2D eigenvalue weighted by molar-refractivity contribution is 7.92. The first-order chi connectivity index (χ1) is 18.6. The number of hydrogen-bond donors (Lipinski definition) is 1. The molecule has 0 aliphatic carbocycles. The van der Waals surface area contributed by atoms with Gasteiger partial charge in [-0.1, -0.05) is 60.5 Å². The summed E-state index contributed by atoms with van der Waals surface area (Å²) in [6.45, 7) is 3.26. The van der Waals surface area contributed by atoms with Gasteiger partial charge in [-0.05, 0) is 61.4 Å². The summed E-state index contributed by atoms with van der Waals surface area (Å²) in [5.41, 5.74) is 0.810. The van der Waals surface area contributed by atoms with Crippen molar-refractivity contribution < 1.29 is 22.7 Å². The number of nitrogens with zero attached hydrogens (tertiary/aromatic N) is 2. The van der Waals surface area contributed by atoms with E-state index in [9.17, 15) is 18.0 Å². The first-order valence-corrected chi connectivity index (χ1v) is 14.6. The van der Waals surface area contributed by atoms with Crippen LogP contribution in [0.1, 0.15) is 25.8 Å². The molecular formula is C28H31Cl2N3O5S. The summed E-state index contributed by atoms with van der Waals surface area (Å²) < 4.78 is 34.6. The number of para-hydroxylation sites is 2. The average molecular weight is 593 g/mol. The molecule has 3 aromatic rings. The lowest BCUT2D eigenvalue weighted by Gasteiger charge is -2.33. The number of halogens is 2. The van der Waals surface area contributed by atoms with Crippen LogP contribution in [-0.2, 0) is 26.2 Å². The summed E-state index contributed by atoms with van der Waals surface area (Å²) in [5.74, 6) is -0.671. The minimum absolute atomic E-state index is 0.00632. The lowest BCUT2D eigenvalue weighted by Crippen LogP contribution is -2.51. The molecule has 0 saturated carbocycles. The molecule has 0 spiro atoms. The fourth-order valence-electron chi connectivity index (χ4n) is 4.08. The molecule has 1 atom stereocenters. The predicted octanol–water partition coefficient (Wildman–Crippen LogP) is 5.14. The van der Waals surface area contributed by atoms with Crippen LogP contribution in [0, 0.1) is 0 Å². The number of carbonyl (C=O) groups excluding carboxylic acids is 2. The Labute approximate surface area is 239 Å². The number of ether oxygens (including phenoxy) is 1. The van der Waals surface area contributed by atoms with Gasteiger partial charge in [-0.3, -0.25) is 13.9 Å². The van der Waals surface area contributed by atoms with Crippen LogP contribution >= 0.6 is 23.2 Å². The molecule has 8 nitrogen and oxygen atoms in total. The van der Waals surface area contributed by atoms with Crippen molar-refractivity contribution in [2.75, 3.05) is 24.5 Å². The van der Waals surface area contributed by atoms with Gasteiger partial charge in [0, 0.05) is 23.6 Å². The van der Waals surface area contributed by atoms with Gasteiger partial charge < -0.3 is 15.0 Å². The molecule has 0 fully saturated rings. The van der Waals surface area contributed by atoms with E-state index in [1.165, 1.54) is 36.2 Å². The van der Waals surface area contributed by atoms with Crippen LogP contribution in [0.2, 0.25) is 10.0 Å². The van der Waals surface area contributed by atoms with Gasteiger partial charge in [-0.15, -0.1) is 0 Å². The second-order valence-corrected chi connectivity index (χ2v) is 11.2. The molecular weight excluding hydrogens is 561 g/mol. The van der Waals surface area contributed by atoms with Gasteiger partial charge in [0.15, 0.2) is 0 Å². The predicted molar refractivity (Wildman–Crippen MR) is 154 cm³/mol. The van der Waals surface area contributed by atoms with Gasteiger partial charge >= 0.3 is 0 Å². The smallest absolute Gasteiger partial charge is 0.264 e. The number of rotatable bonds is 12. The maximum absolute atomic E-state index is 14.0. The van der Waals surface area contributed by atoms with Crippen LogP contribution in [0.25, 0.3) is 0 Å². The number of sulfonamides is 1. The number of likely N-dealkylation sites (N-methyl/N-ethyl adjacent to an activating group) is 1. The number of anilines is 1. The lowest BCUT2D eigenvalue weighted by atomic mass is 10.1. The molecule has 0 radical (unpaired) electrons. The fraction of sp³-hybridized carbons (Fsp3) is 0.286. The zero-order chi connectivity index (χ0) is 28.6. The monoisotopic (exact) mass is 591 g/mol. The van der Waals surface area contributed by atoms with Crippen LogP contribution in [-0.4, -0.2) is 51.4 Å². The maximum Gasteiger partial charge on any atom is 0.264 e. The molecule has 0 bridgehead atoms. The largest absolute Gasteiger partial charge is 0.492 e. The second-order valence-electron chi connectivity index (χ2n) is 8.52. The van der Waals surface area contributed by atoms with Gasteiger partial charge in [0.05, 0.1) is 17.2 Å². The second kappa shape index (κ2) is 13.7. The highest BCUT2D eigenvalue weighted by Crippen LogP contribution is 2.33. The Morgan fingerprint density at radius 1 is 0.949 bits per heavy atom. The topological polar surface area (TPSA) is 96.0 Å². The standard InChI is InChI=1S/C28H31Cl2N3O5S/c1-4-24(28(35)31-3)32(18-20-10-6-7-11-23(20)30)27(34)19-33(25-12-8-9-13-26(25)38-5-2)39(36,37)22-16-14-21(29)15-17-22/h6-17,24H,4-5,18-19H2,1-3H3,(H,31,35)/t24-/m1/s1. The summed E-state index contributed by atoms with van der Waals surface area (Å²) in [7, 11) is -2.77. The third-order valence-corrected chi connectivity index (χ3v) is 8.44. The Balaban J connectivity index is 2.12. The summed E-state index contributed by atoms with van der Waals surface area (Å²) in [6, 6.07) is 18.4. The summed E-state index contributed by atoms with van der Waals surface area (Å²) in [4.78, 5) is 28.1. The number of hydrogen-bond acceptors (Lipinski definition) is 5. The zero-order valence-corrected chi connectivity index (χ0v) is 24.3. The molecule has 3 aromatic carbocycles. The molecule has 0 saturated heterocycles. The quantitative estimate of drug-likeness (QED) is 0.314. The van der Waals surface area contributed by atoms with E-state index in [-0.39, 0.29) is 29.6 Å². The average Bonchev–Trinajstić information content (AvgIpc) is 2.93. The molecule has 1 N–H and O–H groups in total. The number of benzene rings is 3. The van der Waals surface area contributed by atoms with Crippen LogP contribution in [0.4, 0.5) is 5.69 Å². The first kappa shape index (κ1) is 30.3.